The van der Waals surface area contributed by atoms with Crippen LogP contribution in [-0.4, -0.2) is 62.5 Å². The summed E-state index contributed by atoms with van der Waals surface area (Å²) in [5.41, 5.74) is -0.0841. The fourth-order valence-electron chi connectivity index (χ4n) is 4.01. The summed E-state index contributed by atoms with van der Waals surface area (Å²) in [6.45, 7) is 7.43. The molecule has 0 aliphatic carbocycles. The van der Waals surface area contributed by atoms with E-state index in [0.717, 1.165) is 51.9 Å². The van der Waals surface area contributed by atoms with E-state index < -0.39 is 0 Å². The Morgan fingerprint density at radius 2 is 2.10 bits per heavy atom. The Labute approximate surface area is 123 Å². The molecule has 2 fully saturated rings. The lowest BCUT2D eigenvalue weighted by Gasteiger charge is -2.39. The minimum atomic E-state index is -0.0841. The second-order valence-electron chi connectivity index (χ2n) is 6.88. The van der Waals surface area contributed by atoms with Crippen LogP contribution in [0.5, 0.6) is 0 Å². The van der Waals surface area contributed by atoms with Crippen LogP contribution in [0.15, 0.2) is 0 Å². The molecule has 1 unspecified atom stereocenters. The van der Waals surface area contributed by atoms with Gasteiger partial charge in [-0.2, -0.15) is 0 Å². The van der Waals surface area contributed by atoms with Crippen LogP contribution < -0.4 is 5.32 Å². The lowest BCUT2D eigenvalue weighted by Crippen LogP contribution is -2.49. The Kier molecular flexibility index (Phi) is 5.44. The highest BCUT2D eigenvalue weighted by molar-refractivity contribution is 5.82. The smallest absolute Gasteiger partial charge is 0.228 e. The third-order valence-electron chi connectivity index (χ3n) is 5.11. The summed E-state index contributed by atoms with van der Waals surface area (Å²) in [5, 5.41) is 3.39. The molecule has 2 heterocycles. The third-order valence-corrected chi connectivity index (χ3v) is 5.11. The van der Waals surface area contributed by atoms with Crippen molar-refractivity contribution in [3.63, 3.8) is 0 Å². The molecule has 4 nitrogen and oxygen atoms in total. The molecule has 20 heavy (non-hydrogen) atoms. The first-order chi connectivity index (χ1) is 9.57. The van der Waals surface area contributed by atoms with Crippen LogP contribution in [0.25, 0.3) is 0 Å². The van der Waals surface area contributed by atoms with Crippen molar-refractivity contribution in [1.82, 2.24) is 15.1 Å². The lowest BCUT2D eigenvalue weighted by molar-refractivity contribution is -0.143. The van der Waals surface area contributed by atoms with Crippen molar-refractivity contribution in [2.75, 3.05) is 46.8 Å². The van der Waals surface area contributed by atoms with Crippen LogP contribution in [-0.2, 0) is 4.79 Å². The second-order valence-corrected chi connectivity index (χ2v) is 6.88. The minimum absolute atomic E-state index is 0.0841. The molecule has 2 aliphatic rings. The summed E-state index contributed by atoms with van der Waals surface area (Å²) in [5.74, 6) is 1.06. The van der Waals surface area contributed by atoms with Crippen molar-refractivity contribution in [2.45, 2.75) is 39.0 Å². The number of hydrogen-bond acceptors (Lipinski definition) is 3. The molecule has 2 aliphatic heterocycles. The monoisotopic (exact) mass is 281 g/mol. The van der Waals surface area contributed by atoms with E-state index in [1.165, 1.54) is 13.0 Å². The molecular formula is C16H31N3O. The predicted octanol–water partition coefficient (Wildman–Crippen LogP) is 1.57. The molecule has 1 atom stereocenters. The first-order valence-electron chi connectivity index (χ1n) is 8.22. The van der Waals surface area contributed by atoms with Crippen molar-refractivity contribution in [3.8, 4) is 0 Å². The fraction of sp³-hybridized carbons (Fsp3) is 0.938. The van der Waals surface area contributed by atoms with E-state index in [4.69, 9.17) is 0 Å². The zero-order valence-electron chi connectivity index (χ0n) is 13.5. The molecule has 1 amide bonds. The van der Waals surface area contributed by atoms with Gasteiger partial charge in [0.1, 0.15) is 0 Å². The summed E-state index contributed by atoms with van der Waals surface area (Å²) in [7, 11) is 4.19. The Morgan fingerprint density at radius 3 is 2.65 bits per heavy atom. The van der Waals surface area contributed by atoms with Gasteiger partial charge in [0.05, 0.1) is 5.41 Å². The summed E-state index contributed by atoms with van der Waals surface area (Å²) < 4.78 is 0. The van der Waals surface area contributed by atoms with Crippen LogP contribution >= 0.6 is 0 Å². The molecule has 0 saturated carbocycles. The number of hydrogen-bond donors (Lipinski definition) is 1. The third kappa shape index (κ3) is 3.53. The topological polar surface area (TPSA) is 35.6 Å². The quantitative estimate of drug-likeness (QED) is 0.831. The maximum absolute atomic E-state index is 13.0. The van der Waals surface area contributed by atoms with E-state index in [9.17, 15) is 4.79 Å². The number of amides is 1. The van der Waals surface area contributed by atoms with Crippen LogP contribution in [0.2, 0.25) is 0 Å². The van der Waals surface area contributed by atoms with Gasteiger partial charge in [-0.05, 0) is 58.3 Å². The average molecular weight is 281 g/mol. The van der Waals surface area contributed by atoms with Crippen molar-refractivity contribution < 1.29 is 4.79 Å². The molecule has 116 valence electrons. The van der Waals surface area contributed by atoms with Gasteiger partial charge in [-0.15, -0.1) is 0 Å². The van der Waals surface area contributed by atoms with Gasteiger partial charge in [0.15, 0.2) is 0 Å². The fourth-order valence-corrected chi connectivity index (χ4v) is 4.01. The number of carbonyl (C=O) groups excluding carboxylic acids is 1. The summed E-state index contributed by atoms with van der Waals surface area (Å²) in [4.78, 5) is 17.4. The van der Waals surface area contributed by atoms with Crippen molar-refractivity contribution in [1.29, 1.82) is 0 Å². The number of rotatable bonds is 5. The van der Waals surface area contributed by atoms with E-state index in [1.807, 2.05) is 11.9 Å². The van der Waals surface area contributed by atoms with Gasteiger partial charge in [0.25, 0.3) is 0 Å². The molecule has 0 aromatic heterocycles. The van der Waals surface area contributed by atoms with Crippen molar-refractivity contribution in [3.05, 3.63) is 0 Å². The highest BCUT2D eigenvalue weighted by atomic mass is 16.2. The standard InChI is InChI=1S/C16H31N3O/c1-4-6-16(7-9-17-10-8-16)15(20)19(3)13-14-5-11-18(2)12-14/h14,17H,4-13H2,1-3H3. The van der Waals surface area contributed by atoms with Gasteiger partial charge < -0.3 is 15.1 Å². The summed E-state index contributed by atoms with van der Waals surface area (Å²) in [6, 6.07) is 0. The van der Waals surface area contributed by atoms with Crippen molar-refractivity contribution >= 4 is 5.91 Å². The van der Waals surface area contributed by atoms with Gasteiger partial charge in [-0.1, -0.05) is 13.3 Å². The Hall–Kier alpha value is -0.610. The molecule has 0 bridgehead atoms. The Bertz CT molecular complexity index is 320. The van der Waals surface area contributed by atoms with Gasteiger partial charge in [0, 0.05) is 20.1 Å². The molecule has 2 rings (SSSR count). The summed E-state index contributed by atoms with van der Waals surface area (Å²) >= 11 is 0. The maximum Gasteiger partial charge on any atom is 0.228 e. The van der Waals surface area contributed by atoms with Gasteiger partial charge in [-0.3, -0.25) is 4.79 Å². The number of nitrogens with zero attached hydrogens (tertiary/aromatic N) is 2. The Balaban J connectivity index is 1.95. The molecule has 0 spiro atoms. The SMILES string of the molecule is CCCC1(C(=O)N(C)CC2CCN(C)C2)CCNCC1. The second kappa shape index (κ2) is 6.90. The number of piperidine rings is 1. The lowest BCUT2D eigenvalue weighted by atomic mass is 9.74. The molecule has 0 radical (unpaired) electrons. The predicted molar refractivity (Wildman–Crippen MR) is 82.7 cm³/mol. The minimum Gasteiger partial charge on any atom is -0.345 e. The largest absolute Gasteiger partial charge is 0.345 e. The van der Waals surface area contributed by atoms with Crippen LogP contribution in [0, 0.1) is 11.3 Å². The van der Waals surface area contributed by atoms with E-state index in [2.05, 4.69) is 24.2 Å². The van der Waals surface area contributed by atoms with Gasteiger partial charge in [-0.25, -0.2) is 0 Å². The van der Waals surface area contributed by atoms with Crippen LogP contribution in [0.3, 0.4) is 0 Å². The zero-order chi connectivity index (χ0) is 14.6. The molecule has 1 N–H and O–H groups in total. The Morgan fingerprint density at radius 1 is 1.40 bits per heavy atom. The highest BCUT2D eigenvalue weighted by Gasteiger charge is 2.40. The summed E-state index contributed by atoms with van der Waals surface area (Å²) in [6.07, 6.45) is 5.40. The van der Waals surface area contributed by atoms with E-state index in [0.29, 0.717) is 11.8 Å². The highest BCUT2D eigenvalue weighted by Crippen LogP contribution is 2.36. The van der Waals surface area contributed by atoms with E-state index in [-0.39, 0.29) is 5.41 Å². The van der Waals surface area contributed by atoms with Crippen LogP contribution in [0.1, 0.15) is 39.0 Å². The molecule has 0 aromatic carbocycles. The molecular weight excluding hydrogens is 250 g/mol. The van der Waals surface area contributed by atoms with E-state index in [1.54, 1.807) is 0 Å². The molecule has 2 saturated heterocycles. The number of carbonyl (C=O) groups is 1. The molecule has 4 heteroatoms. The zero-order valence-corrected chi connectivity index (χ0v) is 13.5. The number of nitrogens with one attached hydrogen (secondary N) is 1. The average Bonchev–Trinajstić information content (AvgIpc) is 2.84. The normalized spacial score (nSPS) is 26.6. The maximum atomic E-state index is 13.0. The van der Waals surface area contributed by atoms with Crippen LogP contribution in [0.4, 0.5) is 0 Å². The van der Waals surface area contributed by atoms with Gasteiger partial charge >= 0.3 is 0 Å². The number of likely N-dealkylation sites (tertiary alicyclic amines) is 1. The van der Waals surface area contributed by atoms with E-state index >= 15 is 0 Å². The van der Waals surface area contributed by atoms with Crippen molar-refractivity contribution in [2.24, 2.45) is 11.3 Å². The first kappa shape index (κ1) is 15.8. The van der Waals surface area contributed by atoms with Gasteiger partial charge in [0.2, 0.25) is 5.91 Å². The molecule has 0 aromatic rings. The first-order valence-corrected chi connectivity index (χ1v) is 8.22.